The second-order valence-electron chi connectivity index (χ2n) is 9.13. The zero-order valence-electron chi connectivity index (χ0n) is 22.2. The van der Waals surface area contributed by atoms with Gasteiger partial charge in [-0.05, 0) is 43.7 Å². The summed E-state index contributed by atoms with van der Waals surface area (Å²) in [6.45, 7) is 3.70. The number of benzene rings is 1. The standard InChI is InChI=1S/C26H27N9O4S/c1-15-10-11-34-21(15)26(36)35(18-8-6-5-7-9-18)24(32-34)16(2)31-23-20(22(27)29-14-30-23)17-12-19(33-40(4,37)38)25(39-3)28-13-17/h5-14,16,33H,1-4H3,(H3,27,29,30,31)/t16-/m0/s1. The predicted octanol–water partition coefficient (Wildman–Crippen LogP) is 2.78. The average Bonchev–Trinajstić information content (AvgIpc) is 3.29. The first-order chi connectivity index (χ1) is 19.1. The number of nitrogen functional groups attached to an aromatic ring is 1. The number of ether oxygens (including phenoxy) is 1. The van der Waals surface area contributed by atoms with Gasteiger partial charge in [-0.15, -0.1) is 0 Å². The minimum absolute atomic E-state index is 0.0823. The van der Waals surface area contributed by atoms with E-state index in [2.05, 4.69) is 25.0 Å². The molecule has 1 atom stereocenters. The Kier molecular flexibility index (Phi) is 6.85. The third-order valence-electron chi connectivity index (χ3n) is 6.17. The van der Waals surface area contributed by atoms with E-state index in [0.29, 0.717) is 34.0 Å². The molecule has 5 rings (SSSR count). The highest BCUT2D eigenvalue weighted by Gasteiger charge is 2.23. The normalized spacial score (nSPS) is 12.3. The number of sulfonamides is 1. The number of hydrogen-bond acceptors (Lipinski definition) is 10. The first-order valence-corrected chi connectivity index (χ1v) is 14.0. The van der Waals surface area contributed by atoms with Crippen molar-refractivity contribution in [2.24, 2.45) is 0 Å². The van der Waals surface area contributed by atoms with Crippen LogP contribution in [0.25, 0.3) is 22.3 Å². The maximum atomic E-state index is 13.7. The van der Waals surface area contributed by atoms with Crippen LogP contribution in [0.3, 0.4) is 0 Å². The van der Waals surface area contributed by atoms with E-state index in [1.54, 1.807) is 15.3 Å². The van der Waals surface area contributed by atoms with Crippen LogP contribution in [0.1, 0.15) is 24.4 Å². The summed E-state index contributed by atoms with van der Waals surface area (Å²) < 4.78 is 34.6. The highest BCUT2D eigenvalue weighted by molar-refractivity contribution is 7.92. The van der Waals surface area contributed by atoms with Crippen molar-refractivity contribution in [1.29, 1.82) is 0 Å². The van der Waals surface area contributed by atoms with E-state index in [1.807, 2.05) is 50.2 Å². The minimum atomic E-state index is -3.63. The summed E-state index contributed by atoms with van der Waals surface area (Å²) in [5, 5.41) is 8.08. The van der Waals surface area contributed by atoms with E-state index in [1.165, 1.54) is 25.7 Å². The van der Waals surface area contributed by atoms with Crippen LogP contribution in [0, 0.1) is 6.92 Å². The van der Waals surface area contributed by atoms with Crippen LogP contribution in [0.5, 0.6) is 5.88 Å². The van der Waals surface area contributed by atoms with Crippen molar-refractivity contribution in [2.75, 3.05) is 29.1 Å². The number of fused-ring (bicyclic) bond motifs is 1. The van der Waals surface area contributed by atoms with Gasteiger partial charge >= 0.3 is 0 Å². The lowest BCUT2D eigenvalue weighted by atomic mass is 10.1. The van der Waals surface area contributed by atoms with Crippen LogP contribution in [0.2, 0.25) is 0 Å². The molecule has 0 aliphatic rings. The summed E-state index contributed by atoms with van der Waals surface area (Å²) >= 11 is 0. The SMILES string of the molecule is COc1ncc(-c2c(N)ncnc2N[C@@H](C)c2nn3ccc(C)c3c(=O)n2-c2ccccc2)cc1NS(C)(=O)=O. The molecule has 0 aliphatic heterocycles. The van der Waals surface area contributed by atoms with E-state index in [-0.39, 0.29) is 22.9 Å². The van der Waals surface area contributed by atoms with E-state index in [9.17, 15) is 13.2 Å². The van der Waals surface area contributed by atoms with E-state index >= 15 is 0 Å². The van der Waals surface area contributed by atoms with Gasteiger partial charge in [0, 0.05) is 18.0 Å². The number of nitrogens with one attached hydrogen (secondary N) is 2. The molecule has 0 spiro atoms. The number of anilines is 3. The van der Waals surface area contributed by atoms with Gasteiger partial charge in [0.1, 0.15) is 29.2 Å². The molecule has 0 bridgehead atoms. The Morgan fingerprint density at radius 1 is 1.10 bits per heavy atom. The fourth-order valence-electron chi connectivity index (χ4n) is 4.43. The number of nitrogens with zero attached hydrogens (tertiary/aromatic N) is 6. The lowest BCUT2D eigenvalue weighted by Gasteiger charge is -2.21. The minimum Gasteiger partial charge on any atom is -0.480 e. The number of pyridine rings is 1. The van der Waals surface area contributed by atoms with Crippen LogP contribution in [0.15, 0.2) is 66.0 Å². The molecule has 40 heavy (non-hydrogen) atoms. The molecule has 0 aliphatic carbocycles. The van der Waals surface area contributed by atoms with Gasteiger partial charge in [0.05, 0.1) is 30.7 Å². The van der Waals surface area contributed by atoms with Crippen molar-refractivity contribution in [2.45, 2.75) is 19.9 Å². The Morgan fingerprint density at radius 2 is 1.85 bits per heavy atom. The molecule has 206 valence electrons. The van der Waals surface area contributed by atoms with Gasteiger partial charge in [-0.2, -0.15) is 5.10 Å². The van der Waals surface area contributed by atoms with Crippen molar-refractivity contribution in [3.05, 3.63) is 82.9 Å². The zero-order chi connectivity index (χ0) is 28.6. The van der Waals surface area contributed by atoms with Crippen molar-refractivity contribution in [3.8, 4) is 22.7 Å². The molecule has 0 amide bonds. The maximum absolute atomic E-state index is 13.7. The maximum Gasteiger partial charge on any atom is 0.282 e. The molecular formula is C26H27N9O4S. The third-order valence-corrected chi connectivity index (χ3v) is 6.76. The Bertz CT molecular complexity index is 1890. The Morgan fingerprint density at radius 3 is 2.55 bits per heavy atom. The molecule has 0 saturated carbocycles. The van der Waals surface area contributed by atoms with Crippen LogP contribution in [0.4, 0.5) is 17.3 Å². The van der Waals surface area contributed by atoms with Crippen LogP contribution >= 0.6 is 0 Å². The molecule has 0 unspecified atom stereocenters. The molecule has 4 aromatic heterocycles. The van der Waals surface area contributed by atoms with E-state index < -0.39 is 16.1 Å². The first-order valence-electron chi connectivity index (χ1n) is 12.1. The van der Waals surface area contributed by atoms with Gasteiger partial charge in [-0.3, -0.25) is 14.1 Å². The molecule has 4 N–H and O–H groups in total. The number of hydrogen-bond donors (Lipinski definition) is 3. The molecule has 14 heteroatoms. The van der Waals surface area contributed by atoms with E-state index in [0.717, 1.165) is 11.8 Å². The Hall–Kier alpha value is -4.98. The van der Waals surface area contributed by atoms with Crippen LogP contribution < -0.4 is 26.1 Å². The Balaban J connectivity index is 1.63. The summed E-state index contributed by atoms with van der Waals surface area (Å²) in [5.41, 5.74) is 8.94. The topological polar surface area (TPSA) is 171 Å². The van der Waals surface area contributed by atoms with Gasteiger partial charge in [0.15, 0.2) is 5.82 Å². The van der Waals surface area contributed by atoms with Crippen molar-refractivity contribution >= 4 is 32.9 Å². The fraction of sp³-hybridized carbons (Fsp3) is 0.192. The van der Waals surface area contributed by atoms with Crippen molar-refractivity contribution in [1.82, 2.24) is 29.1 Å². The predicted molar refractivity (Wildman–Crippen MR) is 152 cm³/mol. The van der Waals surface area contributed by atoms with Gasteiger partial charge in [0.25, 0.3) is 5.56 Å². The number of nitrogens with two attached hydrogens (primary N) is 1. The number of rotatable bonds is 8. The lowest BCUT2D eigenvalue weighted by Crippen LogP contribution is -2.29. The van der Waals surface area contributed by atoms with Crippen molar-refractivity contribution in [3.63, 3.8) is 0 Å². The van der Waals surface area contributed by atoms with Crippen molar-refractivity contribution < 1.29 is 13.2 Å². The second-order valence-corrected chi connectivity index (χ2v) is 10.9. The zero-order valence-corrected chi connectivity index (χ0v) is 23.0. The average molecular weight is 562 g/mol. The molecule has 5 aromatic rings. The summed E-state index contributed by atoms with van der Waals surface area (Å²) in [7, 11) is -2.25. The van der Waals surface area contributed by atoms with Gasteiger partial charge < -0.3 is 15.8 Å². The van der Waals surface area contributed by atoms with Gasteiger partial charge in [-0.1, -0.05) is 18.2 Å². The molecule has 0 fully saturated rings. The highest BCUT2D eigenvalue weighted by Crippen LogP contribution is 2.36. The monoisotopic (exact) mass is 561 g/mol. The fourth-order valence-corrected chi connectivity index (χ4v) is 4.97. The molecule has 4 heterocycles. The number of aromatic nitrogens is 6. The summed E-state index contributed by atoms with van der Waals surface area (Å²) in [6, 6.07) is 12.1. The molecule has 0 saturated heterocycles. The smallest absolute Gasteiger partial charge is 0.282 e. The highest BCUT2D eigenvalue weighted by atomic mass is 32.2. The summed E-state index contributed by atoms with van der Waals surface area (Å²) in [4.78, 5) is 26.4. The van der Waals surface area contributed by atoms with E-state index in [4.69, 9.17) is 15.6 Å². The third kappa shape index (κ3) is 5.03. The number of para-hydroxylation sites is 1. The molecule has 1 aromatic carbocycles. The number of methoxy groups -OCH3 is 1. The molecule has 0 radical (unpaired) electrons. The summed E-state index contributed by atoms with van der Waals surface area (Å²) in [5.74, 6) is 0.968. The molecule has 13 nitrogen and oxygen atoms in total. The number of aryl methyl sites for hydroxylation is 1. The Labute approximate surface area is 229 Å². The van der Waals surface area contributed by atoms with Gasteiger partial charge in [-0.25, -0.2) is 27.9 Å². The first kappa shape index (κ1) is 26.6. The summed E-state index contributed by atoms with van der Waals surface area (Å²) in [6.07, 6.45) is 5.54. The largest absolute Gasteiger partial charge is 0.480 e. The second kappa shape index (κ2) is 10.3. The quantitative estimate of drug-likeness (QED) is 0.256. The molecular weight excluding hydrogens is 534 g/mol. The van der Waals surface area contributed by atoms with Crippen LogP contribution in [-0.4, -0.2) is 50.9 Å². The lowest BCUT2D eigenvalue weighted by molar-refractivity contribution is 0.400. The van der Waals surface area contributed by atoms with Gasteiger partial charge in [0.2, 0.25) is 15.9 Å². The van der Waals surface area contributed by atoms with Crippen LogP contribution in [-0.2, 0) is 10.0 Å².